The molecule has 0 radical (unpaired) electrons. The number of pyridine rings is 1. The third kappa shape index (κ3) is 2.29. The normalized spacial score (nSPS) is 25.5. The Morgan fingerprint density at radius 1 is 1.41 bits per heavy atom. The molecule has 2 heterocycles. The summed E-state index contributed by atoms with van der Waals surface area (Å²) < 4.78 is 11.7. The monoisotopic (exact) mass is 233 g/mol. The maximum Gasteiger partial charge on any atom is 0.138 e. The maximum atomic E-state index is 5.90. The lowest BCUT2D eigenvalue weighted by atomic mass is 10.1. The van der Waals surface area contributed by atoms with Gasteiger partial charge in [0.25, 0.3) is 0 Å². The minimum atomic E-state index is 0.190. The van der Waals surface area contributed by atoms with Crippen LogP contribution in [0.15, 0.2) is 18.3 Å². The van der Waals surface area contributed by atoms with Crippen molar-refractivity contribution in [3.8, 4) is 5.75 Å². The summed E-state index contributed by atoms with van der Waals surface area (Å²) in [4.78, 5) is 4.41. The van der Waals surface area contributed by atoms with Crippen LogP contribution in [-0.4, -0.2) is 23.3 Å². The molecule has 0 amide bonds. The molecule has 3 heteroatoms. The average Bonchev–Trinajstić information content (AvgIpc) is 2.94. The Balaban J connectivity index is 1.61. The summed E-state index contributed by atoms with van der Waals surface area (Å²) in [7, 11) is 0. The van der Waals surface area contributed by atoms with Crippen molar-refractivity contribution >= 4 is 0 Å². The Hall–Kier alpha value is -1.09. The fourth-order valence-electron chi connectivity index (χ4n) is 2.36. The molecular formula is C14H19NO2. The smallest absolute Gasteiger partial charge is 0.138 e. The second-order valence-electron chi connectivity index (χ2n) is 5.51. The molecule has 1 unspecified atom stereocenters. The molecule has 1 aliphatic heterocycles. The molecule has 2 aliphatic rings. The van der Waals surface area contributed by atoms with Gasteiger partial charge in [-0.15, -0.1) is 0 Å². The standard InChI is InChI=1S/C14H19NO2/c1-10(2)13-4-3-11(8-15-13)17-12-7-14(5-6-14)16-9-12/h3-4,8,10,12H,5-7,9H2,1-2H3. The summed E-state index contributed by atoms with van der Waals surface area (Å²) in [6, 6.07) is 4.06. The van der Waals surface area contributed by atoms with Gasteiger partial charge in [0.15, 0.2) is 0 Å². The zero-order valence-corrected chi connectivity index (χ0v) is 10.5. The van der Waals surface area contributed by atoms with E-state index in [1.807, 2.05) is 18.3 Å². The fourth-order valence-corrected chi connectivity index (χ4v) is 2.36. The molecule has 2 fully saturated rings. The lowest BCUT2D eigenvalue weighted by molar-refractivity contribution is 0.0784. The van der Waals surface area contributed by atoms with Gasteiger partial charge in [-0.2, -0.15) is 0 Å². The number of ether oxygens (including phenoxy) is 2. The van der Waals surface area contributed by atoms with Gasteiger partial charge in [-0.25, -0.2) is 0 Å². The molecular weight excluding hydrogens is 214 g/mol. The van der Waals surface area contributed by atoms with Crippen molar-refractivity contribution in [2.45, 2.75) is 50.7 Å². The second kappa shape index (κ2) is 3.98. The van der Waals surface area contributed by atoms with Crippen molar-refractivity contribution in [1.82, 2.24) is 4.98 Å². The number of rotatable bonds is 3. The van der Waals surface area contributed by atoms with E-state index in [9.17, 15) is 0 Å². The highest BCUT2D eigenvalue weighted by molar-refractivity contribution is 5.22. The molecule has 1 aliphatic carbocycles. The molecule has 1 atom stereocenters. The summed E-state index contributed by atoms with van der Waals surface area (Å²) in [6.45, 7) is 5.01. The van der Waals surface area contributed by atoms with Gasteiger partial charge in [-0.1, -0.05) is 13.8 Å². The molecule has 0 bridgehead atoms. The van der Waals surface area contributed by atoms with Crippen LogP contribution in [0.25, 0.3) is 0 Å². The molecule has 3 rings (SSSR count). The first kappa shape index (κ1) is 11.0. The van der Waals surface area contributed by atoms with E-state index in [1.165, 1.54) is 12.8 Å². The molecule has 1 aromatic rings. The lowest BCUT2D eigenvalue weighted by Crippen LogP contribution is -2.16. The van der Waals surface area contributed by atoms with Crippen LogP contribution in [0.4, 0.5) is 0 Å². The van der Waals surface area contributed by atoms with Crippen molar-refractivity contribution in [2.75, 3.05) is 6.61 Å². The van der Waals surface area contributed by atoms with Crippen molar-refractivity contribution in [2.24, 2.45) is 0 Å². The molecule has 1 saturated heterocycles. The Bertz CT molecular complexity index is 395. The molecule has 3 nitrogen and oxygen atoms in total. The number of hydrogen-bond acceptors (Lipinski definition) is 3. The second-order valence-corrected chi connectivity index (χ2v) is 5.51. The molecule has 1 aromatic heterocycles. The SMILES string of the molecule is CC(C)c1ccc(OC2COC3(CC3)C2)cn1. The first-order valence-corrected chi connectivity index (χ1v) is 6.43. The highest BCUT2D eigenvalue weighted by Crippen LogP contribution is 2.47. The minimum Gasteiger partial charge on any atom is -0.486 e. The zero-order valence-electron chi connectivity index (χ0n) is 10.5. The Morgan fingerprint density at radius 2 is 2.24 bits per heavy atom. The van der Waals surface area contributed by atoms with E-state index < -0.39 is 0 Å². The Labute approximate surface area is 102 Å². The van der Waals surface area contributed by atoms with E-state index in [-0.39, 0.29) is 11.7 Å². The van der Waals surface area contributed by atoms with Crippen LogP contribution in [-0.2, 0) is 4.74 Å². The number of aromatic nitrogens is 1. The molecule has 17 heavy (non-hydrogen) atoms. The van der Waals surface area contributed by atoms with Crippen LogP contribution in [0, 0.1) is 0 Å². The number of nitrogens with zero attached hydrogens (tertiary/aromatic N) is 1. The van der Waals surface area contributed by atoms with Gasteiger partial charge in [-0.3, -0.25) is 4.98 Å². The molecule has 92 valence electrons. The molecule has 0 N–H and O–H groups in total. The summed E-state index contributed by atoms with van der Waals surface area (Å²) >= 11 is 0. The summed E-state index contributed by atoms with van der Waals surface area (Å²) in [5, 5.41) is 0. The van der Waals surface area contributed by atoms with Crippen LogP contribution in [0.5, 0.6) is 5.75 Å². The van der Waals surface area contributed by atoms with Gasteiger partial charge >= 0.3 is 0 Å². The van der Waals surface area contributed by atoms with Crippen molar-refractivity contribution < 1.29 is 9.47 Å². The predicted molar refractivity (Wildman–Crippen MR) is 65.3 cm³/mol. The number of hydrogen-bond donors (Lipinski definition) is 0. The van der Waals surface area contributed by atoms with E-state index >= 15 is 0 Å². The van der Waals surface area contributed by atoms with Gasteiger partial charge in [0, 0.05) is 12.1 Å². The van der Waals surface area contributed by atoms with E-state index in [4.69, 9.17) is 9.47 Å². The highest BCUT2D eigenvalue weighted by Gasteiger charge is 2.50. The van der Waals surface area contributed by atoms with Crippen molar-refractivity contribution in [3.05, 3.63) is 24.0 Å². The van der Waals surface area contributed by atoms with Crippen molar-refractivity contribution in [1.29, 1.82) is 0 Å². The largest absolute Gasteiger partial charge is 0.486 e. The third-order valence-corrected chi connectivity index (χ3v) is 3.64. The minimum absolute atomic E-state index is 0.190. The first-order chi connectivity index (χ1) is 8.17. The lowest BCUT2D eigenvalue weighted by Gasteiger charge is -2.12. The zero-order chi connectivity index (χ0) is 11.9. The summed E-state index contributed by atoms with van der Waals surface area (Å²) in [5.41, 5.74) is 1.30. The van der Waals surface area contributed by atoms with Crippen LogP contribution in [0.2, 0.25) is 0 Å². The summed E-state index contributed by atoms with van der Waals surface area (Å²) in [6.07, 6.45) is 5.49. The van der Waals surface area contributed by atoms with Gasteiger partial charge in [0.2, 0.25) is 0 Å². The fraction of sp³-hybridized carbons (Fsp3) is 0.643. The van der Waals surface area contributed by atoms with Gasteiger partial charge in [0.05, 0.1) is 18.4 Å². The van der Waals surface area contributed by atoms with E-state index in [2.05, 4.69) is 18.8 Å². The quantitative estimate of drug-likeness (QED) is 0.804. The van der Waals surface area contributed by atoms with Crippen LogP contribution in [0.1, 0.15) is 44.7 Å². The van der Waals surface area contributed by atoms with Gasteiger partial charge in [-0.05, 0) is 30.9 Å². The predicted octanol–water partition coefficient (Wildman–Crippen LogP) is 2.91. The third-order valence-electron chi connectivity index (χ3n) is 3.64. The van der Waals surface area contributed by atoms with Crippen LogP contribution < -0.4 is 4.74 Å². The summed E-state index contributed by atoms with van der Waals surface area (Å²) in [5.74, 6) is 1.33. The maximum absolute atomic E-state index is 5.90. The topological polar surface area (TPSA) is 31.4 Å². The highest BCUT2D eigenvalue weighted by atomic mass is 16.6. The van der Waals surface area contributed by atoms with E-state index in [0.29, 0.717) is 5.92 Å². The van der Waals surface area contributed by atoms with E-state index in [1.54, 1.807) is 0 Å². The first-order valence-electron chi connectivity index (χ1n) is 6.43. The molecule has 1 saturated carbocycles. The van der Waals surface area contributed by atoms with Crippen LogP contribution >= 0.6 is 0 Å². The van der Waals surface area contributed by atoms with E-state index in [0.717, 1.165) is 24.5 Å². The molecule has 0 aromatic carbocycles. The Morgan fingerprint density at radius 3 is 2.76 bits per heavy atom. The Kier molecular flexibility index (Phi) is 2.58. The van der Waals surface area contributed by atoms with Gasteiger partial charge in [0.1, 0.15) is 11.9 Å². The average molecular weight is 233 g/mol. The molecule has 1 spiro atoms. The van der Waals surface area contributed by atoms with Crippen molar-refractivity contribution in [3.63, 3.8) is 0 Å². The van der Waals surface area contributed by atoms with Crippen LogP contribution in [0.3, 0.4) is 0 Å². The van der Waals surface area contributed by atoms with Gasteiger partial charge < -0.3 is 9.47 Å².